The Balaban J connectivity index is 0.000000280. The molecule has 0 aliphatic carbocycles. The van der Waals surface area contributed by atoms with Gasteiger partial charge in [0.25, 0.3) is 0 Å². The van der Waals surface area contributed by atoms with Gasteiger partial charge in [0, 0.05) is 0 Å². The van der Waals surface area contributed by atoms with Crippen LogP contribution in [-0.2, 0) is 0 Å². The van der Waals surface area contributed by atoms with Crippen LogP contribution in [0.2, 0.25) is 0 Å². The SMILES string of the molecule is CC.Cc1ccc(/C=C/c2ccc(/C=C/c3ccc(C)cc3)cc2)cc1.Cc1cccc(C)c1.Cc1cccc(C)c1.Cc1cccc(C)c1.Cc1cccc(C)c1. The van der Waals surface area contributed by atoms with Crippen LogP contribution in [0.15, 0.2) is 170 Å². The number of benzene rings is 7. The summed E-state index contributed by atoms with van der Waals surface area (Å²) in [4.78, 5) is 0. The minimum atomic E-state index is 1.21. The van der Waals surface area contributed by atoms with Crippen LogP contribution < -0.4 is 0 Å². The third-order valence-corrected chi connectivity index (χ3v) is 8.72. The topological polar surface area (TPSA) is 0 Å². The molecule has 0 bridgehead atoms. The molecule has 58 heavy (non-hydrogen) atoms. The summed E-state index contributed by atoms with van der Waals surface area (Å²) in [6.45, 7) is 25.0. The van der Waals surface area contributed by atoms with Gasteiger partial charge in [-0.2, -0.15) is 0 Å². The molecule has 0 atom stereocenters. The molecule has 0 radical (unpaired) electrons. The van der Waals surface area contributed by atoms with Crippen LogP contribution in [-0.4, -0.2) is 0 Å². The summed E-state index contributed by atoms with van der Waals surface area (Å²) in [5.41, 5.74) is 18.2. The summed E-state index contributed by atoms with van der Waals surface area (Å²) >= 11 is 0. The summed E-state index contributed by atoms with van der Waals surface area (Å²) in [7, 11) is 0. The fourth-order valence-corrected chi connectivity index (χ4v) is 5.69. The Labute approximate surface area is 353 Å². The first-order valence-corrected chi connectivity index (χ1v) is 20.6. The molecule has 300 valence electrons. The predicted octanol–water partition coefficient (Wildman–Crippen LogP) is 16.9. The van der Waals surface area contributed by atoms with E-state index in [0.717, 1.165) is 0 Å². The first kappa shape index (κ1) is 48.2. The van der Waals surface area contributed by atoms with Crippen molar-refractivity contribution in [3.8, 4) is 0 Å². The van der Waals surface area contributed by atoms with Gasteiger partial charge >= 0.3 is 0 Å². The molecule has 0 spiro atoms. The van der Waals surface area contributed by atoms with Gasteiger partial charge in [0.15, 0.2) is 0 Å². The van der Waals surface area contributed by atoms with Gasteiger partial charge in [-0.05, 0) is 91.5 Å². The zero-order valence-electron chi connectivity index (χ0n) is 37.5. The lowest BCUT2D eigenvalue weighted by Crippen LogP contribution is -1.77. The van der Waals surface area contributed by atoms with Crippen molar-refractivity contribution in [1.29, 1.82) is 0 Å². The van der Waals surface area contributed by atoms with E-state index >= 15 is 0 Å². The zero-order valence-corrected chi connectivity index (χ0v) is 37.5. The van der Waals surface area contributed by atoms with Crippen molar-refractivity contribution in [3.05, 3.63) is 248 Å². The third-order valence-electron chi connectivity index (χ3n) is 8.72. The standard InChI is InChI=1S/C24H22.4C8H10.C2H6/c1-19-3-7-21(8-4-19)11-13-23-15-17-24(18-16-23)14-12-22-9-5-20(2)6-10-22;4*1-7-4-3-5-8(2)6-7;1-2/h3-18H,1-2H3;4*3-6H,1-2H3;1-2H3/b13-11+,14-12+;;;;;. The lowest BCUT2D eigenvalue weighted by molar-refractivity contribution is 1.39. The Morgan fingerprint density at radius 3 is 0.500 bits per heavy atom. The Morgan fingerprint density at radius 1 is 0.207 bits per heavy atom. The molecule has 7 rings (SSSR count). The molecule has 7 aromatic rings. The molecule has 0 heterocycles. The van der Waals surface area contributed by atoms with Gasteiger partial charge in [0.2, 0.25) is 0 Å². The maximum absolute atomic E-state index is 2.17. The summed E-state index contributed by atoms with van der Waals surface area (Å²) < 4.78 is 0. The zero-order chi connectivity index (χ0) is 42.7. The lowest BCUT2D eigenvalue weighted by Gasteiger charge is -1.98. The quantitative estimate of drug-likeness (QED) is 0.157. The van der Waals surface area contributed by atoms with Gasteiger partial charge in [-0.15, -0.1) is 0 Å². The smallest absolute Gasteiger partial charge is 0.0256 e. The average molecular weight is 765 g/mol. The monoisotopic (exact) mass is 765 g/mol. The molecule has 0 saturated carbocycles. The third kappa shape index (κ3) is 21.9. The van der Waals surface area contributed by atoms with E-state index in [9.17, 15) is 0 Å². The molecule has 0 fully saturated rings. The van der Waals surface area contributed by atoms with Gasteiger partial charge < -0.3 is 0 Å². The van der Waals surface area contributed by atoms with Crippen LogP contribution in [0, 0.1) is 69.2 Å². The Bertz CT molecular complexity index is 1890. The highest BCUT2D eigenvalue weighted by atomic mass is 14.0. The molecule has 0 nitrogen and oxygen atoms in total. The minimum absolute atomic E-state index is 1.21. The van der Waals surface area contributed by atoms with Crippen LogP contribution in [0.5, 0.6) is 0 Å². The molecule has 0 amide bonds. The van der Waals surface area contributed by atoms with Crippen LogP contribution in [0.25, 0.3) is 24.3 Å². The molecule has 0 unspecified atom stereocenters. The van der Waals surface area contributed by atoms with Gasteiger partial charge in [-0.3, -0.25) is 0 Å². The first-order chi connectivity index (χ1) is 27.8. The first-order valence-electron chi connectivity index (χ1n) is 20.6. The molecule has 0 aromatic heterocycles. The number of hydrogen-bond donors (Lipinski definition) is 0. The van der Waals surface area contributed by atoms with Gasteiger partial charge in [0.1, 0.15) is 0 Å². The van der Waals surface area contributed by atoms with Crippen molar-refractivity contribution >= 4 is 24.3 Å². The van der Waals surface area contributed by atoms with Crippen molar-refractivity contribution in [1.82, 2.24) is 0 Å². The van der Waals surface area contributed by atoms with Gasteiger partial charge in [-0.1, -0.05) is 264 Å². The summed E-state index contributed by atoms with van der Waals surface area (Å²) in [5.74, 6) is 0. The van der Waals surface area contributed by atoms with E-state index in [1.54, 1.807) is 0 Å². The van der Waals surface area contributed by atoms with Crippen molar-refractivity contribution in [2.24, 2.45) is 0 Å². The van der Waals surface area contributed by atoms with Gasteiger partial charge in [-0.25, -0.2) is 0 Å². The van der Waals surface area contributed by atoms with Crippen LogP contribution in [0.1, 0.15) is 91.7 Å². The van der Waals surface area contributed by atoms with E-state index in [0.29, 0.717) is 0 Å². The Hall–Kier alpha value is -5.98. The van der Waals surface area contributed by atoms with Crippen molar-refractivity contribution in [2.45, 2.75) is 83.1 Å². The molecule has 0 saturated heterocycles. The maximum atomic E-state index is 2.17. The fraction of sp³-hybridized carbons (Fsp3) is 0.207. The summed E-state index contributed by atoms with van der Waals surface area (Å²) in [5, 5.41) is 0. The lowest BCUT2D eigenvalue weighted by atomic mass is 10.1. The van der Waals surface area contributed by atoms with Crippen molar-refractivity contribution in [2.75, 3.05) is 0 Å². The second-order valence-corrected chi connectivity index (χ2v) is 14.8. The second kappa shape index (κ2) is 27.6. The molecule has 0 aliphatic heterocycles. The Kier molecular flexibility index (Phi) is 22.9. The van der Waals surface area contributed by atoms with Crippen LogP contribution in [0.3, 0.4) is 0 Å². The molecule has 0 heteroatoms. The van der Waals surface area contributed by atoms with E-state index in [2.05, 4.69) is 263 Å². The van der Waals surface area contributed by atoms with Gasteiger partial charge in [0.05, 0.1) is 0 Å². The van der Waals surface area contributed by atoms with E-state index in [1.165, 1.54) is 77.9 Å². The fourth-order valence-electron chi connectivity index (χ4n) is 5.69. The predicted molar refractivity (Wildman–Crippen MR) is 262 cm³/mol. The maximum Gasteiger partial charge on any atom is -0.0256 e. The number of hydrogen-bond acceptors (Lipinski definition) is 0. The highest BCUT2D eigenvalue weighted by Crippen LogP contribution is 2.14. The van der Waals surface area contributed by atoms with Crippen LogP contribution >= 0.6 is 0 Å². The molecule has 7 aromatic carbocycles. The number of aryl methyl sites for hydroxylation is 10. The molecular formula is C58H68. The molecule has 0 aliphatic rings. The second-order valence-electron chi connectivity index (χ2n) is 14.8. The largest absolute Gasteiger partial charge is 0.0683 e. The normalized spacial score (nSPS) is 9.93. The minimum Gasteiger partial charge on any atom is -0.0683 e. The van der Waals surface area contributed by atoms with Crippen molar-refractivity contribution < 1.29 is 0 Å². The van der Waals surface area contributed by atoms with E-state index in [-0.39, 0.29) is 0 Å². The van der Waals surface area contributed by atoms with Crippen LogP contribution in [0.4, 0.5) is 0 Å². The molecular weight excluding hydrogens is 697 g/mol. The Morgan fingerprint density at radius 2 is 0.362 bits per heavy atom. The number of rotatable bonds is 4. The molecule has 0 N–H and O–H groups in total. The van der Waals surface area contributed by atoms with E-state index < -0.39 is 0 Å². The highest BCUT2D eigenvalue weighted by Gasteiger charge is 1.92. The summed E-state index contributed by atoms with van der Waals surface area (Å²) in [6.07, 6.45) is 8.60. The van der Waals surface area contributed by atoms with E-state index in [4.69, 9.17) is 0 Å². The van der Waals surface area contributed by atoms with Crippen molar-refractivity contribution in [3.63, 3.8) is 0 Å². The van der Waals surface area contributed by atoms with E-state index in [1.807, 2.05) is 13.8 Å². The summed E-state index contributed by atoms with van der Waals surface area (Å²) in [6, 6.07) is 59.5. The average Bonchev–Trinajstić information content (AvgIpc) is 3.19. The highest BCUT2D eigenvalue weighted by molar-refractivity contribution is 5.73.